The summed E-state index contributed by atoms with van der Waals surface area (Å²) in [6.45, 7) is -0.551. The monoisotopic (exact) mass is 505 g/mol. The van der Waals surface area contributed by atoms with E-state index in [9.17, 15) is 29.3 Å². The molecule has 1 aliphatic rings. The van der Waals surface area contributed by atoms with Crippen LogP contribution in [0.4, 0.5) is 17.1 Å². The summed E-state index contributed by atoms with van der Waals surface area (Å²) in [7, 11) is 0. The fourth-order valence-corrected chi connectivity index (χ4v) is 4.65. The van der Waals surface area contributed by atoms with Crippen molar-refractivity contribution in [1.29, 1.82) is 0 Å². The van der Waals surface area contributed by atoms with E-state index in [2.05, 4.69) is 0 Å². The van der Waals surface area contributed by atoms with Crippen LogP contribution in [0.2, 0.25) is 0 Å². The van der Waals surface area contributed by atoms with Gasteiger partial charge in [0.15, 0.2) is 12.4 Å². The molecule has 11 heteroatoms. The number of hydrogen-bond acceptors (Lipinski definition) is 9. The Morgan fingerprint density at radius 2 is 1.69 bits per heavy atom. The quantitative estimate of drug-likeness (QED) is 0.121. The molecule has 1 atom stereocenters. The number of ketones is 1. The predicted molar refractivity (Wildman–Crippen MR) is 132 cm³/mol. The highest BCUT2D eigenvalue weighted by molar-refractivity contribution is 8.00. The van der Waals surface area contributed by atoms with E-state index in [1.807, 2.05) is 6.07 Å². The van der Waals surface area contributed by atoms with Crippen molar-refractivity contribution in [3.05, 3.63) is 94.0 Å². The molecule has 0 aliphatic carbocycles. The lowest BCUT2D eigenvalue weighted by atomic mass is 10.1. The van der Waals surface area contributed by atoms with Gasteiger partial charge in [0.05, 0.1) is 21.4 Å². The Morgan fingerprint density at radius 3 is 2.33 bits per heavy atom. The van der Waals surface area contributed by atoms with Gasteiger partial charge in [-0.05, 0) is 54.6 Å². The number of benzene rings is 3. The highest BCUT2D eigenvalue weighted by Crippen LogP contribution is 2.34. The summed E-state index contributed by atoms with van der Waals surface area (Å²) in [5, 5.41) is 10.1. The number of Topliss-reactive ketones (excluding diaryl/α,β-unsaturated/α-hetero) is 1. The zero-order chi connectivity index (χ0) is 25.8. The number of nitro benzene ring substituents is 1. The number of anilines is 2. The van der Waals surface area contributed by atoms with E-state index >= 15 is 0 Å². The van der Waals surface area contributed by atoms with Gasteiger partial charge in [-0.15, -0.1) is 11.8 Å². The lowest BCUT2D eigenvalue weighted by molar-refractivity contribution is -0.384. The average Bonchev–Trinajstić information content (AvgIpc) is 3.14. The normalized spacial score (nSPS) is 15.1. The number of imide groups is 1. The topological polar surface area (TPSA) is 150 Å². The second-order valence-electron chi connectivity index (χ2n) is 7.80. The first kappa shape index (κ1) is 24.6. The Kier molecular flexibility index (Phi) is 7.11. The van der Waals surface area contributed by atoms with Crippen molar-refractivity contribution in [3.63, 3.8) is 0 Å². The maximum absolute atomic E-state index is 12.9. The van der Waals surface area contributed by atoms with Crippen LogP contribution in [0.15, 0.2) is 77.7 Å². The van der Waals surface area contributed by atoms with Crippen molar-refractivity contribution in [2.75, 3.05) is 17.2 Å². The first-order valence-electron chi connectivity index (χ1n) is 10.7. The fraction of sp³-hybridized carbons (Fsp3) is 0.120. The van der Waals surface area contributed by atoms with Crippen LogP contribution in [0.3, 0.4) is 0 Å². The summed E-state index contributed by atoms with van der Waals surface area (Å²) in [6, 6.07) is 17.7. The van der Waals surface area contributed by atoms with Crippen LogP contribution in [0.5, 0.6) is 0 Å². The van der Waals surface area contributed by atoms with Crippen molar-refractivity contribution in [1.82, 2.24) is 0 Å². The van der Waals surface area contributed by atoms with Crippen LogP contribution >= 0.6 is 11.8 Å². The molecule has 2 amide bonds. The van der Waals surface area contributed by atoms with Crippen molar-refractivity contribution >= 4 is 52.4 Å². The van der Waals surface area contributed by atoms with Gasteiger partial charge in [0.2, 0.25) is 11.8 Å². The third-order valence-electron chi connectivity index (χ3n) is 5.34. The van der Waals surface area contributed by atoms with E-state index in [1.165, 1.54) is 60.3 Å². The number of nitrogens with zero attached hydrogens (tertiary/aromatic N) is 2. The zero-order valence-electron chi connectivity index (χ0n) is 18.7. The van der Waals surface area contributed by atoms with Crippen molar-refractivity contribution in [3.8, 4) is 0 Å². The number of amides is 2. The molecule has 3 aromatic rings. The highest BCUT2D eigenvalue weighted by Gasteiger charge is 2.40. The SMILES string of the molecule is Nc1cccc(S[C@@H]2CC(=O)N(c3ccc(C(=O)OCC(=O)c4ccc([N+](=O)[O-])cc4)cc3)C2=O)c1. The van der Waals surface area contributed by atoms with E-state index in [0.717, 1.165) is 9.80 Å². The number of nitrogen functional groups attached to an aromatic ring is 1. The van der Waals surface area contributed by atoms with Crippen molar-refractivity contribution in [2.24, 2.45) is 0 Å². The van der Waals surface area contributed by atoms with E-state index in [1.54, 1.807) is 18.2 Å². The molecule has 1 heterocycles. The van der Waals surface area contributed by atoms with E-state index in [-0.39, 0.29) is 35.0 Å². The fourth-order valence-electron chi connectivity index (χ4n) is 3.53. The Morgan fingerprint density at radius 1 is 1.03 bits per heavy atom. The summed E-state index contributed by atoms with van der Waals surface area (Å²) in [6.07, 6.45) is 0.0346. The molecule has 1 saturated heterocycles. The van der Waals surface area contributed by atoms with Gasteiger partial charge in [-0.1, -0.05) is 6.07 Å². The summed E-state index contributed by atoms with van der Waals surface area (Å²) >= 11 is 1.26. The number of non-ortho nitro benzene ring substituents is 1. The van der Waals surface area contributed by atoms with E-state index in [0.29, 0.717) is 11.4 Å². The van der Waals surface area contributed by atoms with Gasteiger partial charge in [0, 0.05) is 34.7 Å². The second kappa shape index (κ2) is 10.4. The molecule has 4 rings (SSSR count). The molecule has 10 nitrogen and oxygen atoms in total. The molecule has 0 spiro atoms. The molecule has 0 radical (unpaired) electrons. The van der Waals surface area contributed by atoms with Crippen LogP contribution < -0.4 is 10.6 Å². The van der Waals surface area contributed by atoms with Crippen LogP contribution in [0, 0.1) is 10.1 Å². The molecule has 0 unspecified atom stereocenters. The van der Waals surface area contributed by atoms with Gasteiger partial charge >= 0.3 is 5.97 Å². The van der Waals surface area contributed by atoms with Gasteiger partial charge in [-0.2, -0.15) is 0 Å². The van der Waals surface area contributed by atoms with Crippen molar-refractivity contribution < 1.29 is 28.8 Å². The number of rotatable bonds is 8. The summed E-state index contributed by atoms with van der Waals surface area (Å²) < 4.78 is 5.04. The molecule has 36 heavy (non-hydrogen) atoms. The summed E-state index contributed by atoms with van der Waals surface area (Å²) in [4.78, 5) is 62.0. The van der Waals surface area contributed by atoms with Gasteiger partial charge in [0.1, 0.15) is 0 Å². The molecule has 1 aliphatic heterocycles. The highest BCUT2D eigenvalue weighted by atomic mass is 32.2. The first-order chi connectivity index (χ1) is 17.2. The minimum Gasteiger partial charge on any atom is -0.454 e. The summed E-state index contributed by atoms with van der Waals surface area (Å²) in [5.74, 6) is -2.01. The first-order valence-corrected chi connectivity index (χ1v) is 11.5. The number of nitrogens with two attached hydrogens (primary N) is 1. The number of nitro groups is 1. The van der Waals surface area contributed by atoms with Crippen LogP contribution in [0.25, 0.3) is 0 Å². The maximum Gasteiger partial charge on any atom is 0.338 e. The molecule has 2 N–H and O–H groups in total. The zero-order valence-corrected chi connectivity index (χ0v) is 19.5. The number of thioether (sulfide) groups is 1. The Hall–Kier alpha value is -4.51. The van der Waals surface area contributed by atoms with Gasteiger partial charge in [-0.25, -0.2) is 9.69 Å². The second-order valence-corrected chi connectivity index (χ2v) is 9.08. The number of carbonyl (C=O) groups is 4. The summed E-state index contributed by atoms with van der Waals surface area (Å²) in [5.41, 5.74) is 6.79. The minimum atomic E-state index is -0.772. The average molecular weight is 506 g/mol. The van der Waals surface area contributed by atoms with Crippen LogP contribution in [-0.2, 0) is 14.3 Å². The lowest BCUT2D eigenvalue weighted by Gasteiger charge is -2.15. The number of ether oxygens (including phenoxy) is 1. The van der Waals surface area contributed by atoms with E-state index in [4.69, 9.17) is 10.5 Å². The number of carbonyl (C=O) groups excluding carboxylic acids is 4. The van der Waals surface area contributed by atoms with Crippen molar-refractivity contribution in [2.45, 2.75) is 16.6 Å². The lowest BCUT2D eigenvalue weighted by Crippen LogP contribution is -2.31. The minimum absolute atomic E-state index is 0.0346. The number of esters is 1. The van der Waals surface area contributed by atoms with Gasteiger partial charge in [0.25, 0.3) is 5.69 Å². The third-order valence-corrected chi connectivity index (χ3v) is 6.52. The molecule has 3 aromatic carbocycles. The molecular weight excluding hydrogens is 486 g/mol. The van der Waals surface area contributed by atoms with Crippen LogP contribution in [-0.4, -0.2) is 40.3 Å². The van der Waals surface area contributed by atoms with Crippen LogP contribution in [0.1, 0.15) is 27.1 Å². The smallest absolute Gasteiger partial charge is 0.338 e. The third kappa shape index (κ3) is 5.41. The maximum atomic E-state index is 12.9. The van der Waals surface area contributed by atoms with Gasteiger partial charge < -0.3 is 10.5 Å². The Bertz CT molecular complexity index is 1360. The molecule has 1 fully saturated rings. The standard InChI is InChI=1S/C25H19N3O7S/c26-17-2-1-3-20(12-17)36-22-13-23(30)27(24(22)31)18-8-6-16(7-9-18)25(32)35-14-21(29)15-4-10-19(11-5-15)28(33)34/h1-12,22H,13-14,26H2/t22-/m1/s1. The molecule has 0 bridgehead atoms. The Balaban J connectivity index is 1.36. The van der Waals surface area contributed by atoms with Gasteiger partial charge in [-0.3, -0.25) is 24.5 Å². The number of hydrogen-bond donors (Lipinski definition) is 1. The Labute approximate surface area is 209 Å². The largest absolute Gasteiger partial charge is 0.454 e. The molecule has 0 aromatic heterocycles. The predicted octanol–water partition coefficient (Wildman–Crippen LogP) is 3.64. The van der Waals surface area contributed by atoms with E-state index < -0.39 is 28.5 Å². The molecular formula is C25H19N3O7S. The molecule has 0 saturated carbocycles. The molecule has 182 valence electrons.